The molecule has 1 heterocycles. The molecule has 3 heteroatoms. The Labute approximate surface area is 123 Å². The number of phenols is 1. The molecule has 1 aromatic carbocycles. The van der Waals surface area contributed by atoms with Crippen LogP contribution in [0.3, 0.4) is 0 Å². The number of nitrogens with one attached hydrogen (secondary N) is 1. The lowest BCUT2D eigenvalue weighted by Gasteiger charge is -2.35. The number of nitrogens with zero attached hydrogens (tertiary/aromatic N) is 1. The van der Waals surface area contributed by atoms with Crippen molar-refractivity contribution in [1.29, 1.82) is 0 Å². The Morgan fingerprint density at radius 3 is 2.35 bits per heavy atom. The highest BCUT2D eigenvalue weighted by atomic mass is 16.3. The van der Waals surface area contributed by atoms with Crippen molar-refractivity contribution in [2.75, 3.05) is 26.2 Å². The van der Waals surface area contributed by atoms with Crippen LogP contribution in [0.15, 0.2) is 12.1 Å². The van der Waals surface area contributed by atoms with Crippen molar-refractivity contribution < 1.29 is 5.11 Å². The standard InChI is InChI=1S/C17H28N2O/c1-4-5-6-16(19-9-7-18-8-10-19)15-11-13(2)17(20)14(3)12-15/h11-12,16,18,20H,4-10H2,1-3H3/t16-/m1/s1. The Bertz CT molecular complexity index is 416. The second kappa shape index (κ2) is 7.09. The molecule has 2 N–H and O–H groups in total. The summed E-state index contributed by atoms with van der Waals surface area (Å²) in [6, 6.07) is 4.84. The van der Waals surface area contributed by atoms with Crippen LogP contribution < -0.4 is 5.32 Å². The molecule has 0 unspecified atom stereocenters. The molecule has 0 amide bonds. The topological polar surface area (TPSA) is 35.5 Å². The van der Waals surface area contributed by atoms with E-state index in [1.165, 1.54) is 24.8 Å². The van der Waals surface area contributed by atoms with Gasteiger partial charge in [-0.05, 0) is 37.0 Å². The predicted octanol–water partition coefficient (Wildman–Crippen LogP) is 3.15. The van der Waals surface area contributed by atoms with Gasteiger partial charge in [-0.2, -0.15) is 0 Å². The van der Waals surface area contributed by atoms with Crippen LogP contribution in [0, 0.1) is 13.8 Å². The molecular formula is C17H28N2O. The summed E-state index contributed by atoms with van der Waals surface area (Å²) in [6.07, 6.45) is 3.70. The highest BCUT2D eigenvalue weighted by molar-refractivity contribution is 5.43. The van der Waals surface area contributed by atoms with E-state index in [-0.39, 0.29) is 0 Å². The van der Waals surface area contributed by atoms with Crippen LogP contribution in [0.1, 0.15) is 48.9 Å². The van der Waals surface area contributed by atoms with Gasteiger partial charge in [0.05, 0.1) is 0 Å². The summed E-state index contributed by atoms with van der Waals surface area (Å²) >= 11 is 0. The van der Waals surface area contributed by atoms with Crippen molar-refractivity contribution in [1.82, 2.24) is 10.2 Å². The molecule has 3 nitrogen and oxygen atoms in total. The van der Waals surface area contributed by atoms with Gasteiger partial charge in [-0.15, -0.1) is 0 Å². The number of hydrogen-bond acceptors (Lipinski definition) is 3. The molecule has 0 aromatic heterocycles. The monoisotopic (exact) mass is 276 g/mol. The maximum absolute atomic E-state index is 9.98. The number of hydrogen-bond donors (Lipinski definition) is 2. The molecule has 1 fully saturated rings. The third-order valence-electron chi connectivity index (χ3n) is 4.32. The van der Waals surface area contributed by atoms with Crippen LogP contribution in [0.25, 0.3) is 0 Å². The van der Waals surface area contributed by atoms with Crippen LogP contribution in [-0.4, -0.2) is 36.2 Å². The highest BCUT2D eigenvalue weighted by Crippen LogP contribution is 2.32. The molecule has 0 saturated carbocycles. The van der Waals surface area contributed by atoms with Crippen LogP contribution in [0.4, 0.5) is 0 Å². The van der Waals surface area contributed by atoms with E-state index < -0.39 is 0 Å². The third kappa shape index (κ3) is 3.53. The van der Waals surface area contributed by atoms with Gasteiger partial charge in [0.25, 0.3) is 0 Å². The van der Waals surface area contributed by atoms with Gasteiger partial charge in [0.15, 0.2) is 0 Å². The van der Waals surface area contributed by atoms with Gasteiger partial charge in [0.1, 0.15) is 5.75 Å². The van der Waals surface area contributed by atoms with E-state index in [4.69, 9.17) is 0 Å². The van der Waals surface area contributed by atoms with Crippen LogP contribution in [0.2, 0.25) is 0 Å². The number of piperazine rings is 1. The van der Waals surface area contributed by atoms with Crippen molar-refractivity contribution in [3.63, 3.8) is 0 Å². The average molecular weight is 276 g/mol. The molecule has 0 aliphatic carbocycles. The summed E-state index contributed by atoms with van der Waals surface area (Å²) in [5.74, 6) is 0.448. The molecular weight excluding hydrogens is 248 g/mol. The van der Waals surface area contributed by atoms with Crippen molar-refractivity contribution >= 4 is 0 Å². The zero-order valence-corrected chi connectivity index (χ0v) is 13.1. The first kappa shape index (κ1) is 15.3. The number of unbranched alkanes of at least 4 members (excludes halogenated alkanes) is 1. The van der Waals surface area contributed by atoms with E-state index in [1.54, 1.807) is 0 Å². The smallest absolute Gasteiger partial charge is 0.121 e. The van der Waals surface area contributed by atoms with Gasteiger partial charge < -0.3 is 10.4 Å². The lowest BCUT2D eigenvalue weighted by Crippen LogP contribution is -2.45. The van der Waals surface area contributed by atoms with Gasteiger partial charge in [-0.25, -0.2) is 0 Å². The van der Waals surface area contributed by atoms with Crippen molar-refractivity contribution in [2.45, 2.75) is 46.1 Å². The van der Waals surface area contributed by atoms with Gasteiger partial charge in [0.2, 0.25) is 0 Å². The van der Waals surface area contributed by atoms with Gasteiger partial charge >= 0.3 is 0 Å². The van der Waals surface area contributed by atoms with Crippen molar-refractivity contribution in [3.8, 4) is 5.75 Å². The maximum atomic E-state index is 9.98. The molecule has 112 valence electrons. The molecule has 0 spiro atoms. The number of aryl methyl sites for hydroxylation is 2. The second-order valence-corrected chi connectivity index (χ2v) is 5.95. The first-order chi connectivity index (χ1) is 9.63. The van der Waals surface area contributed by atoms with Gasteiger partial charge in [0, 0.05) is 32.2 Å². The number of rotatable bonds is 5. The van der Waals surface area contributed by atoms with E-state index in [2.05, 4.69) is 29.3 Å². The quantitative estimate of drug-likeness (QED) is 0.867. The first-order valence-electron chi connectivity index (χ1n) is 7.88. The molecule has 1 aliphatic heterocycles. The fourth-order valence-corrected chi connectivity index (χ4v) is 3.13. The van der Waals surface area contributed by atoms with Crippen LogP contribution in [-0.2, 0) is 0 Å². The van der Waals surface area contributed by atoms with E-state index >= 15 is 0 Å². The first-order valence-corrected chi connectivity index (χ1v) is 7.88. The average Bonchev–Trinajstić information content (AvgIpc) is 2.46. The normalized spacial score (nSPS) is 18.1. The fourth-order valence-electron chi connectivity index (χ4n) is 3.13. The summed E-state index contributed by atoms with van der Waals surface area (Å²) in [7, 11) is 0. The molecule has 0 bridgehead atoms. The summed E-state index contributed by atoms with van der Waals surface area (Å²) in [5, 5.41) is 13.4. The lowest BCUT2D eigenvalue weighted by molar-refractivity contribution is 0.163. The molecule has 20 heavy (non-hydrogen) atoms. The van der Waals surface area contributed by atoms with Crippen LogP contribution in [0.5, 0.6) is 5.75 Å². The Hall–Kier alpha value is -1.06. The Kier molecular flexibility index (Phi) is 5.44. The molecule has 1 atom stereocenters. The van der Waals surface area contributed by atoms with Crippen LogP contribution >= 0.6 is 0 Å². The minimum atomic E-state index is 0.448. The van der Waals surface area contributed by atoms with Crippen molar-refractivity contribution in [3.05, 3.63) is 28.8 Å². The predicted molar refractivity (Wildman–Crippen MR) is 84.3 cm³/mol. The minimum absolute atomic E-state index is 0.448. The van der Waals surface area contributed by atoms with E-state index in [0.717, 1.165) is 37.3 Å². The summed E-state index contributed by atoms with van der Waals surface area (Å²) < 4.78 is 0. The summed E-state index contributed by atoms with van der Waals surface area (Å²) in [6.45, 7) is 10.7. The maximum Gasteiger partial charge on any atom is 0.121 e. The number of aromatic hydroxyl groups is 1. The van der Waals surface area contributed by atoms with Gasteiger partial charge in [-0.3, -0.25) is 4.90 Å². The second-order valence-electron chi connectivity index (χ2n) is 5.95. The Morgan fingerprint density at radius 1 is 1.20 bits per heavy atom. The molecule has 0 radical (unpaired) electrons. The summed E-state index contributed by atoms with van der Waals surface area (Å²) in [4.78, 5) is 2.59. The van der Waals surface area contributed by atoms with E-state index in [0.29, 0.717) is 11.8 Å². The highest BCUT2D eigenvalue weighted by Gasteiger charge is 2.22. The largest absolute Gasteiger partial charge is 0.507 e. The SMILES string of the molecule is CCCC[C@H](c1cc(C)c(O)c(C)c1)N1CCNCC1. The Morgan fingerprint density at radius 2 is 1.80 bits per heavy atom. The zero-order valence-electron chi connectivity index (χ0n) is 13.1. The molecule has 1 saturated heterocycles. The number of phenolic OH excluding ortho intramolecular Hbond substituents is 1. The minimum Gasteiger partial charge on any atom is -0.507 e. The molecule has 1 aliphatic rings. The fraction of sp³-hybridized carbons (Fsp3) is 0.647. The lowest BCUT2D eigenvalue weighted by atomic mass is 9.95. The molecule has 1 aromatic rings. The zero-order chi connectivity index (χ0) is 14.5. The third-order valence-corrected chi connectivity index (χ3v) is 4.32. The summed E-state index contributed by atoms with van der Waals surface area (Å²) in [5.41, 5.74) is 3.36. The van der Waals surface area contributed by atoms with E-state index in [9.17, 15) is 5.11 Å². The molecule has 2 rings (SSSR count). The van der Waals surface area contributed by atoms with E-state index in [1.807, 2.05) is 13.8 Å². The Balaban J connectivity index is 2.25. The van der Waals surface area contributed by atoms with Crippen molar-refractivity contribution in [2.24, 2.45) is 0 Å². The number of benzene rings is 1. The van der Waals surface area contributed by atoms with Gasteiger partial charge in [-0.1, -0.05) is 31.9 Å².